The van der Waals surface area contributed by atoms with E-state index in [1.807, 2.05) is 26.2 Å². The highest BCUT2D eigenvalue weighted by Crippen LogP contribution is 2.22. The van der Waals surface area contributed by atoms with Crippen LogP contribution in [-0.2, 0) is 0 Å². The number of nitrogens with one attached hydrogen (secondary N) is 1. The largest absolute Gasteiger partial charge is 0.378 e. The number of hydrogen-bond donors (Lipinski definition) is 1. The van der Waals surface area contributed by atoms with Crippen LogP contribution in [0.25, 0.3) is 0 Å². The highest BCUT2D eigenvalue weighted by atomic mass is 15.4. The molecule has 0 spiro atoms. The van der Waals surface area contributed by atoms with Gasteiger partial charge in [-0.1, -0.05) is 12.1 Å². The predicted molar refractivity (Wildman–Crippen MR) is 115 cm³/mol. The first-order valence-electron chi connectivity index (χ1n) is 10.0. The van der Waals surface area contributed by atoms with Crippen LogP contribution in [0.4, 0.5) is 23.5 Å². The first kappa shape index (κ1) is 18.5. The summed E-state index contributed by atoms with van der Waals surface area (Å²) in [4.78, 5) is 20.5. The summed E-state index contributed by atoms with van der Waals surface area (Å²) in [6.45, 7) is 4.02. The Kier molecular flexibility index (Phi) is 5.55. The minimum atomic E-state index is 0.500. The molecule has 0 unspecified atom stereocenters. The summed E-state index contributed by atoms with van der Waals surface area (Å²) >= 11 is 0. The second kappa shape index (κ2) is 8.41. The Morgan fingerprint density at radius 1 is 0.857 bits per heavy atom. The predicted octanol–water partition coefficient (Wildman–Crippen LogP) is 2.58. The number of aromatic nitrogens is 3. The van der Waals surface area contributed by atoms with Gasteiger partial charge in [0.25, 0.3) is 0 Å². The zero-order valence-corrected chi connectivity index (χ0v) is 16.7. The van der Waals surface area contributed by atoms with Crippen LogP contribution in [0.3, 0.4) is 0 Å². The number of rotatable bonds is 6. The highest BCUT2D eigenvalue weighted by Gasteiger charge is 2.21. The van der Waals surface area contributed by atoms with Crippen LogP contribution in [-0.4, -0.2) is 61.4 Å². The van der Waals surface area contributed by atoms with Crippen LogP contribution in [0.2, 0.25) is 0 Å². The number of anilines is 4. The Labute approximate surface area is 166 Å². The van der Waals surface area contributed by atoms with Gasteiger partial charge in [0.05, 0.1) is 6.21 Å². The van der Waals surface area contributed by atoms with Crippen molar-refractivity contribution in [1.82, 2.24) is 15.0 Å². The SMILES string of the molecule is CN(C)c1ccc(/C=N\Nc2nc(N3CCCC3)nc(N3CCCC3)n2)cc1. The highest BCUT2D eigenvalue weighted by molar-refractivity contribution is 5.80. The van der Waals surface area contributed by atoms with Gasteiger partial charge in [-0.3, -0.25) is 0 Å². The summed E-state index contributed by atoms with van der Waals surface area (Å²) in [5.74, 6) is 2.00. The van der Waals surface area contributed by atoms with E-state index >= 15 is 0 Å². The number of nitrogens with zero attached hydrogens (tertiary/aromatic N) is 7. The van der Waals surface area contributed by atoms with Crippen molar-refractivity contribution in [2.24, 2.45) is 5.10 Å². The lowest BCUT2D eigenvalue weighted by Gasteiger charge is -2.20. The maximum Gasteiger partial charge on any atom is 0.250 e. The monoisotopic (exact) mass is 380 g/mol. The van der Waals surface area contributed by atoms with Gasteiger partial charge >= 0.3 is 0 Å². The van der Waals surface area contributed by atoms with Crippen LogP contribution in [0.5, 0.6) is 0 Å². The number of hydrazone groups is 1. The molecule has 4 rings (SSSR count). The van der Waals surface area contributed by atoms with Gasteiger partial charge in [0.2, 0.25) is 17.8 Å². The van der Waals surface area contributed by atoms with Crippen molar-refractivity contribution in [3.8, 4) is 0 Å². The van der Waals surface area contributed by atoms with Gasteiger partial charge in [-0.25, -0.2) is 5.43 Å². The standard InChI is InChI=1S/C20H28N8/c1-26(2)17-9-7-16(8-10-17)15-21-25-18-22-19(27-11-3-4-12-27)24-20(23-18)28-13-5-6-14-28/h7-10,15H,3-6,11-14H2,1-2H3,(H,22,23,24,25)/b21-15-. The molecule has 1 aromatic carbocycles. The number of hydrogen-bond acceptors (Lipinski definition) is 8. The van der Waals surface area contributed by atoms with Crippen molar-refractivity contribution in [2.45, 2.75) is 25.7 Å². The Bertz CT molecular complexity index is 771. The molecule has 2 aromatic rings. The third-order valence-electron chi connectivity index (χ3n) is 5.18. The molecule has 1 N–H and O–H groups in total. The smallest absolute Gasteiger partial charge is 0.250 e. The lowest BCUT2D eigenvalue weighted by molar-refractivity contribution is 0.838. The van der Waals surface area contributed by atoms with Crippen molar-refractivity contribution in [2.75, 3.05) is 60.4 Å². The van der Waals surface area contributed by atoms with Gasteiger partial charge in [0.15, 0.2) is 0 Å². The van der Waals surface area contributed by atoms with Gasteiger partial charge in [-0.05, 0) is 43.4 Å². The van der Waals surface area contributed by atoms with E-state index in [-0.39, 0.29) is 0 Å². The van der Waals surface area contributed by atoms with E-state index in [0.29, 0.717) is 5.95 Å². The molecular weight excluding hydrogens is 352 g/mol. The van der Waals surface area contributed by atoms with E-state index in [1.54, 1.807) is 6.21 Å². The van der Waals surface area contributed by atoms with Crippen molar-refractivity contribution in [3.05, 3.63) is 29.8 Å². The van der Waals surface area contributed by atoms with Gasteiger partial charge in [0.1, 0.15) is 0 Å². The maximum absolute atomic E-state index is 4.72. The molecule has 2 aliphatic rings. The lowest BCUT2D eigenvalue weighted by Crippen LogP contribution is -2.25. The Hall–Kier alpha value is -2.90. The normalized spacial score (nSPS) is 16.9. The molecule has 28 heavy (non-hydrogen) atoms. The first-order valence-corrected chi connectivity index (χ1v) is 10.0. The van der Waals surface area contributed by atoms with Crippen LogP contribution >= 0.6 is 0 Å². The summed E-state index contributed by atoms with van der Waals surface area (Å²) in [5.41, 5.74) is 5.18. The number of benzene rings is 1. The maximum atomic E-state index is 4.72. The summed E-state index contributed by atoms with van der Waals surface area (Å²) in [6, 6.07) is 8.22. The third-order valence-corrected chi connectivity index (χ3v) is 5.18. The molecule has 148 valence electrons. The molecule has 1 aromatic heterocycles. The first-order chi connectivity index (χ1) is 13.7. The summed E-state index contributed by atoms with van der Waals surface area (Å²) in [6.07, 6.45) is 6.54. The molecular formula is C20H28N8. The molecule has 3 heterocycles. The van der Waals surface area contributed by atoms with E-state index in [0.717, 1.165) is 49.3 Å². The van der Waals surface area contributed by atoms with E-state index in [1.165, 1.54) is 25.7 Å². The molecule has 2 saturated heterocycles. The Morgan fingerprint density at radius 3 is 1.89 bits per heavy atom. The lowest BCUT2D eigenvalue weighted by atomic mass is 10.2. The van der Waals surface area contributed by atoms with Crippen LogP contribution in [0.15, 0.2) is 29.4 Å². The van der Waals surface area contributed by atoms with E-state index < -0.39 is 0 Å². The fourth-order valence-corrected chi connectivity index (χ4v) is 3.54. The van der Waals surface area contributed by atoms with Crippen molar-refractivity contribution in [3.63, 3.8) is 0 Å². The van der Waals surface area contributed by atoms with E-state index in [2.05, 4.69) is 47.3 Å². The van der Waals surface area contributed by atoms with Crippen LogP contribution in [0, 0.1) is 0 Å². The molecule has 0 bridgehead atoms. The van der Waals surface area contributed by atoms with Crippen LogP contribution in [0.1, 0.15) is 31.2 Å². The fraction of sp³-hybridized carbons (Fsp3) is 0.500. The van der Waals surface area contributed by atoms with E-state index in [9.17, 15) is 0 Å². The summed E-state index contributed by atoms with van der Waals surface area (Å²) < 4.78 is 0. The molecule has 8 nitrogen and oxygen atoms in total. The molecule has 0 atom stereocenters. The van der Waals surface area contributed by atoms with Crippen LogP contribution < -0.4 is 20.1 Å². The molecule has 0 amide bonds. The van der Waals surface area contributed by atoms with Crippen molar-refractivity contribution < 1.29 is 0 Å². The summed E-state index contributed by atoms with van der Waals surface area (Å²) in [7, 11) is 4.06. The zero-order valence-electron chi connectivity index (χ0n) is 16.7. The zero-order chi connectivity index (χ0) is 19.3. The molecule has 0 radical (unpaired) electrons. The minimum absolute atomic E-state index is 0.500. The van der Waals surface area contributed by atoms with Crippen molar-refractivity contribution >= 4 is 29.7 Å². The fourth-order valence-electron chi connectivity index (χ4n) is 3.54. The summed E-state index contributed by atoms with van der Waals surface area (Å²) in [5, 5.41) is 4.34. The molecule has 0 aliphatic carbocycles. The van der Waals surface area contributed by atoms with Gasteiger partial charge < -0.3 is 14.7 Å². The Balaban J connectivity index is 1.50. The second-order valence-corrected chi connectivity index (χ2v) is 7.50. The molecule has 0 saturated carbocycles. The topological polar surface area (TPSA) is 72.8 Å². The van der Waals surface area contributed by atoms with E-state index in [4.69, 9.17) is 4.98 Å². The molecule has 2 aliphatic heterocycles. The average Bonchev–Trinajstić information content (AvgIpc) is 3.42. The van der Waals surface area contributed by atoms with Gasteiger partial charge in [-0.2, -0.15) is 20.1 Å². The molecule has 8 heteroatoms. The average molecular weight is 381 g/mol. The van der Waals surface area contributed by atoms with Gasteiger partial charge in [-0.15, -0.1) is 0 Å². The van der Waals surface area contributed by atoms with Crippen molar-refractivity contribution in [1.29, 1.82) is 0 Å². The van der Waals surface area contributed by atoms with Gasteiger partial charge in [0, 0.05) is 46.0 Å². The second-order valence-electron chi connectivity index (χ2n) is 7.50. The third kappa shape index (κ3) is 4.32. The quantitative estimate of drug-likeness (QED) is 0.610. The Morgan fingerprint density at radius 2 is 1.39 bits per heavy atom. The minimum Gasteiger partial charge on any atom is -0.378 e. The molecule has 2 fully saturated rings.